The van der Waals surface area contributed by atoms with E-state index in [9.17, 15) is 5.11 Å². The van der Waals surface area contributed by atoms with Crippen molar-refractivity contribution in [3.05, 3.63) is 28.3 Å². The zero-order chi connectivity index (χ0) is 16.9. The molecule has 1 heterocycles. The maximum atomic E-state index is 10.6. The molecular weight excluding hydrogens is 294 g/mol. The number of aryl methyl sites for hydroxylation is 1. The van der Waals surface area contributed by atoms with Crippen molar-refractivity contribution in [2.24, 2.45) is 5.41 Å². The summed E-state index contributed by atoms with van der Waals surface area (Å²) < 4.78 is 0. The Hall–Kier alpha value is -1.02. The molecule has 1 saturated heterocycles. The van der Waals surface area contributed by atoms with Gasteiger partial charge in [-0.2, -0.15) is 0 Å². The maximum absolute atomic E-state index is 10.6. The molecule has 0 aromatic heterocycles. The van der Waals surface area contributed by atoms with Gasteiger partial charge in [0.2, 0.25) is 0 Å². The number of hydrogen-bond acceptors (Lipinski definition) is 2. The Morgan fingerprint density at radius 2 is 1.71 bits per heavy atom. The van der Waals surface area contributed by atoms with Crippen molar-refractivity contribution >= 4 is 0 Å². The molecule has 1 atom stereocenters. The highest BCUT2D eigenvalue weighted by Crippen LogP contribution is 2.54. The number of piperidine rings is 1. The second-order valence-electron chi connectivity index (χ2n) is 8.94. The first-order valence-corrected chi connectivity index (χ1v) is 10.0. The maximum Gasteiger partial charge on any atom is 0.122 e. The van der Waals surface area contributed by atoms with E-state index in [4.69, 9.17) is 0 Å². The minimum Gasteiger partial charge on any atom is -0.507 e. The molecule has 2 saturated carbocycles. The highest BCUT2D eigenvalue weighted by Gasteiger charge is 2.45. The van der Waals surface area contributed by atoms with Gasteiger partial charge in [-0.25, -0.2) is 0 Å². The van der Waals surface area contributed by atoms with E-state index in [1.54, 1.807) is 0 Å². The Bertz CT molecular complexity index is 623. The van der Waals surface area contributed by atoms with Crippen LogP contribution in [-0.4, -0.2) is 29.1 Å². The van der Waals surface area contributed by atoms with Crippen molar-refractivity contribution < 1.29 is 5.11 Å². The summed E-state index contributed by atoms with van der Waals surface area (Å²) in [7, 11) is 0. The molecule has 1 spiro atoms. The van der Waals surface area contributed by atoms with Gasteiger partial charge in [-0.3, -0.25) is 0 Å². The van der Waals surface area contributed by atoms with Crippen molar-refractivity contribution in [1.82, 2.24) is 4.90 Å². The molecule has 24 heavy (non-hydrogen) atoms. The second-order valence-corrected chi connectivity index (χ2v) is 8.94. The monoisotopic (exact) mass is 327 g/mol. The number of phenolic OH excluding ortho intramolecular Hbond substituents is 1. The minimum absolute atomic E-state index is 0.540. The molecule has 2 aliphatic carbocycles. The highest BCUT2D eigenvalue weighted by atomic mass is 16.3. The summed E-state index contributed by atoms with van der Waals surface area (Å²) in [5.41, 5.74) is 5.61. The predicted molar refractivity (Wildman–Crippen MR) is 99.8 cm³/mol. The Kier molecular flexibility index (Phi) is 4.15. The van der Waals surface area contributed by atoms with Crippen LogP contribution in [0.5, 0.6) is 5.75 Å². The smallest absolute Gasteiger partial charge is 0.122 e. The third-order valence-electron chi connectivity index (χ3n) is 7.73. The van der Waals surface area contributed by atoms with Gasteiger partial charge in [0, 0.05) is 6.04 Å². The summed E-state index contributed by atoms with van der Waals surface area (Å²) in [5, 5.41) is 10.6. The van der Waals surface area contributed by atoms with Crippen molar-refractivity contribution in [2.75, 3.05) is 13.1 Å². The second kappa shape index (κ2) is 6.05. The molecule has 3 fully saturated rings. The zero-order valence-corrected chi connectivity index (χ0v) is 15.7. The molecule has 1 aliphatic heterocycles. The van der Waals surface area contributed by atoms with Gasteiger partial charge < -0.3 is 10.0 Å². The first-order valence-electron chi connectivity index (χ1n) is 10.0. The lowest BCUT2D eigenvalue weighted by molar-refractivity contribution is 0.104. The Labute approximate surface area is 147 Å². The van der Waals surface area contributed by atoms with Gasteiger partial charge in [0.15, 0.2) is 0 Å². The van der Waals surface area contributed by atoms with Crippen LogP contribution >= 0.6 is 0 Å². The number of aromatic hydroxyl groups is 1. The van der Waals surface area contributed by atoms with E-state index in [1.165, 1.54) is 81.1 Å². The van der Waals surface area contributed by atoms with Gasteiger partial charge in [-0.1, -0.05) is 12.5 Å². The van der Waals surface area contributed by atoms with Gasteiger partial charge in [0.05, 0.1) is 0 Å². The van der Waals surface area contributed by atoms with E-state index >= 15 is 0 Å². The summed E-state index contributed by atoms with van der Waals surface area (Å²) in [6.45, 7) is 8.80. The quantitative estimate of drug-likeness (QED) is 0.805. The van der Waals surface area contributed by atoms with Crippen molar-refractivity contribution in [2.45, 2.75) is 84.1 Å². The molecule has 132 valence electrons. The summed E-state index contributed by atoms with van der Waals surface area (Å²) in [4.78, 5) is 2.77. The van der Waals surface area contributed by atoms with Crippen LogP contribution in [0.1, 0.15) is 79.5 Å². The number of likely N-dealkylation sites (tertiary alicyclic amines) is 1. The van der Waals surface area contributed by atoms with E-state index < -0.39 is 0 Å². The normalized spacial score (nSPS) is 27.5. The van der Waals surface area contributed by atoms with Gasteiger partial charge >= 0.3 is 0 Å². The van der Waals surface area contributed by atoms with E-state index in [0.717, 1.165) is 17.0 Å². The van der Waals surface area contributed by atoms with E-state index in [2.05, 4.69) is 31.7 Å². The van der Waals surface area contributed by atoms with Crippen LogP contribution in [0.3, 0.4) is 0 Å². The Morgan fingerprint density at radius 3 is 2.29 bits per heavy atom. The van der Waals surface area contributed by atoms with Crippen LogP contribution in [0.15, 0.2) is 6.07 Å². The molecule has 4 rings (SSSR count). The first kappa shape index (κ1) is 16.4. The van der Waals surface area contributed by atoms with E-state index in [1.807, 2.05) is 0 Å². The molecule has 0 radical (unpaired) electrons. The van der Waals surface area contributed by atoms with Crippen LogP contribution in [0.2, 0.25) is 0 Å². The predicted octanol–water partition coefficient (Wildman–Crippen LogP) is 5.22. The fourth-order valence-corrected chi connectivity index (χ4v) is 5.61. The average molecular weight is 328 g/mol. The lowest BCUT2D eigenvalue weighted by Gasteiger charge is -2.41. The minimum atomic E-state index is 0.540. The number of phenols is 1. The molecule has 2 heteroatoms. The highest BCUT2D eigenvalue weighted by molar-refractivity contribution is 5.49. The molecule has 1 N–H and O–H groups in total. The third kappa shape index (κ3) is 2.67. The molecule has 0 unspecified atom stereocenters. The van der Waals surface area contributed by atoms with Gasteiger partial charge in [-0.05, 0) is 112 Å². The molecule has 1 aromatic carbocycles. The standard InChI is InChI=1S/C22H33NO/c1-15-13-20(21(24)17(3)16(15)2)18-6-11-23(12-7-18)19-5-10-22(14-19)8-4-9-22/h13,18-19,24H,4-12,14H2,1-3H3/t19-/m1/s1. The molecule has 1 aromatic rings. The number of rotatable bonds is 2. The molecule has 3 aliphatic rings. The van der Waals surface area contributed by atoms with E-state index in [0.29, 0.717) is 11.7 Å². The fraction of sp³-hybridized carbons (Fsp3) is 0.727. The van der Waals surface area contributed by atoms with Gasteiger partial charge in [0.1, 0.15) is 5.75 Å². The van der Waals surface area contributed by atoms with Crippen LogP contribution in [-0.2, 0) is 0 Å². The average Bonchev–Trinajstić information content (AvgIpc) is 3.02. The van der Waals surface area contributed by atoms with Crippen molar-refractivity contribution in [3.63, 3.8) is 0 Å². The number of hydrogen-bond donors (Lipinski definition) is 1. The summed E-state index contributed by atoms with van der Waals surface area (Å²) in [5.74, 6) is 1.10. The zero-order valence-electron chi connectivity index (χ0n) is 15.7. The Balaban J connectivity index is 1.42. The van der Waals surface area contributed by atoms with Crippen LogP contribution in [0.25, 0.3) is 0 Å². The SMILES string of the molecule is Cc1cc(C2CCN([C@@H]3CCC4(CCC4)C3)CC2)c(O)c(C)c1C. The van der Waals surface area contributed by atoms with Crippen LogP contribution in [0, 0.1) is 26.2 Å². The van der Waals surface area contributed by atoms with Crippen molar-refractivity contribution in [3.8, 4) is 5.75 Å². The first-order chi connectivity index (χ1) is 11.5. The van der Waals surface area contributed by atoms with Crippen LogP contribution < -0.4 is 0 Å². The van der Waals surface area contributed by atoms with Gasteiger partial charge in [0.25, 0.3) is 0 Å². The summed E-state index contributed by atoms with van der Waals surface area (Å²) >= 11 is 0. The third-order valence-corrected chi connectivity index (χ3v) is 7.73. The molecule has 2 nitrogen and oxygen atoms in total. The largest absolute Gasteiger partial charge is 0.507 e. The molecule has 0 amide bonds. The summed E-state index contributed by atoms with van der Waals surface area (Å²) in [6, 6.07) is 3.10. The van der Waals surface area contributed by atoms with E-state index in [-0.39, 0.29) is 0 Å². The summed E-state index contributed by atoms with van der Waals surface area (Å²) in [6.07, 6.45) is 11.3. The fourth-order valence-electron chi connectivity index (χ4n) is 5.61. The molecule has 0 bridgehead atoms. The van der Waals surface area contributed by atoms with Gasteiger partial charge in [-0.15, -0.1) is 0 Å². The lowest BCUT2D eigenvalue weighted by Crippen LogP contribution is -2.41. The van der Waals surface area contributed by atoms with Crippen LogP contribution in [0.4, 0.5) is 0 Å². The van der Waals surface area contributed by atoms with Crippen molar-refractivity contribution in [1.29, 1.82) is 0 Å². The lowest BCUT2D eigenvalue weighted by atomic mass is 9.67. The topological polar surface area (TPSA) is 23.5 Å². The number of nitrogens with zero attached hydrogens (tertiary/aromatic N) is 1. The Morgan fingerprint density at radius 1 is 1.00 bits per heavy atom. The molecular formula is C22H33NO. The number of benzene rings is 1.